The predicted molar refractivity (Wildman–Crippen MR) is 149 cm³/mol. The van der Waals surface area contributed by atoms with E-state index in [-0.39, 0.29) is 18.4 Å². The number of carbonyl (C=O) groups is 3. The first-order valence-electron chi connectivity index (χ1n) is 12.6. The Morgan fingerprint density at radius 3 is 2.51 bits per heavy atom. The molecule has 0 spiro atoms. The second-order valence-electron chi connectivity index (χ2n) is 9.22. The number of amides is 3. The molecule has 0 radical (unpaired) electrons. The first kappa shape index (κ1) is 26.1. The third-order valence-corrected chi connectivity index (χ3v) is 7.47. The first-order chi connectivity index (χ1) is 19.0. The second kappa shape index (κ2) is 11.9. The minimum absolute atomic E-state index is 0.195. The number of benzene rings is 2. The maximum atomic E-state index is 13.5. The summed E-state index contributed by atoms with van der Waals surface area (Å²) >= 11 is 1.36. The van der Waals surface area contributed by atoms with E-state index >= 15 is 0 Å². The molecule has 198 valence electrons. The first-order valence-corrected chi connectivity index (χ1v) is 13.5. The van der Waals surface area contributed by atoms with Gasteiger partial charge in [0.2, 0.25) is 5.91 Å². The summed E-state index contributed by atoms with van der Waals surface area (Å²) in [5, 5.41) is 7.68. The molecule has 1 fully saturated rings. The fourth-order valence-corrected chi connectivity index (χ4v) is 5.12. The van der Waals surface area contributed by atoms with Gasteiger partial charge in [0.15, 0.2) is 12.1 Å². The maximum absolute atomic E-state index is 13.5. The van der Waals surface area contributed by atoms with Crippen molar-refractivity contribution in [3.05, 3.63) is 118 Å². The van der Waals surface area contributed by atoms with E-state index in [1.165, 1.54) is 16.2 Å². The summed E-state index contributed by atoms with van der Waals surface area (Å²) in [5.41, 5.74) is 4.09. The number of aromatic nitrogens is 1. The van der Waals surface area contributed by atoms with Crippen molar-refractivity contribution >= 4 is 34.9 Å². The number of hydrogen-bond acceptors (Lipinski definition) is 6. The average molecular weight is 541 g/mol. The van der Waals surface area contributed by atoms with E-state index in [1.807, 2.05) is 60.8 Å². The Morgan fingerprint density at radius 2 is 1.79 bits per heavy atom. The number of cyclic esters (lactones) is 1. The highest BCUT2D eigenvalue weighted by atomic mass is 32.1. The van der Waals surface area contributed by atoms with Crippen LogP contribution < -0.4 is 10.6 Å². The van der Waals surface area contributed by atoms with Gasteiger partial charge in [0.05, 0.1) is 11.4 Å². The molecule has 4 aromatic rings. The van der Waals surface area contributed by atoms with Gasteiger partial charge in [-0.1, -0.05) is 48.5 Å². The fraction of sp³-hybridized carbons (Fsp3) is 0.200. The zero-order valence-electron chi connectivity index (χ0n) is 21.4. The molecule has 5 rings (SSSR count). The van der Waals surface area contributed by atoms with Gasteiger partial charge in [-0.25, -0.2) is 4.79 Å². The van der Waals surface area contributed by atoms with E-state index in [0.717, 1.165) is 16.8 Å². The largest absolute Gasteiger partial charge is 0.438 e. The summed E-state index contributed by atoms with van der Waals surface area (Å²) in [4.78, 5) is 45.4. The van der Waals surface area contributed by atoms with Crippen LogP contribution in [-0.4, -0.2) is 40.4 Å². The molecule has 9 heteroatoms. The number of nitrogens with zero attached hydrogens (tertiary/aromatic N) is 2. The molecule has 8 nitrogen and oxygen atoms in total. The monoisotopic (exact) mass is 540 g/mol. The van der Waals surface area contributed by atoms with Gasteiger partial charge in [-0.2, -0.15) is 0 Å². The molecule has 1 aliphatic rings. The van der Waals surface area contributed by atoms with Gasteiger partial charge in [0.25, 0.3) is 5.91 Å². The van der Waals surface area contributed by atoms with Crippen molar-refractivity contribution in [1.82, 2.24) is 15.2 Å². The SMILES string of the molecule is Cc1ccccc1CN1C(=O)O[C@H](c2ccc(NC(=O)c3cccs3)cc2)[C@@H]1C(=O)NCCc1ccccn1. The minimum Gasteiger partial charge on any atom is -0.438 e. The quantitative estimate of drug-likeness (QED) is 0.307. The van der Waals surface area contributed by atoms with Crippen molar-refractivity contribution in [1.29, 1.82) is 0 Å². The van der Waals surface area contributed by atoms with Crippen LogP contribution >= 0.6 is 11.3 Å². The molecule has 2 aromatic heterocycles. The number of rotatable bonds is 9. The van der Waals surface area contributed by atoms with E-state index < -0.39 is 18.2 Å². The minimum atomic E-state index is -0.868. The van der Waals surface area contributed by atoms with Gasteiger partial charge in [-0.15, -0.1) is 11.3 Å². The highest BCUT2D eigenvalue weighted by molar-refractivity contribution is 7.12. The Kier molecular flexibility index (Phi) is 7.98. The lowest BCUT2D eigenvalue weighted by molar-refractivity contribution is -0.126. The summed E-state index contributed by atoms with van der Waals surface area (Å²) in [5.74, 6) is -0.495. The van der Waals surface area contributed by atoms with Crippen LogP contribution in [0.25, 0.3) is 0 Å². The Balaban J connectivity index is 1.35. The molecule has 2 aromatic carbocycles. The highest BCUT2D eigenvalue weighted by Gasteiger charge is 2.47. The van der Waals surface area contributed by atoms with E-state index in [4.69, 9.17) is 4.74 Å². The summed E-state index contributed by atoms with van der Waals surface area (Å²) < 4.78 is 5.78. The van der Waals surface area contributed by atoms with Crippen molar-refractivity contribution in [2.45, 2.75) is 32.0 Å². The predicted octanol–water partition coefficient (Wildman–Crippen LogP) is 5.12. The van der Waals surface area contributed by atoms with Crippen molar-refractivity contribution in [2.75, 3.05) is 11.9 Å². The van der Waals surface area contributed by atoms with Gasteiger partial charge in [-0.3, -0.25) is 19.5 Å². The number of thiophene rings is 1. The van der Waals surface area contributed by atoms with Crippen LogP contribution in [-0.2, 0) is 22.5 Å². The summed E-state index contributed by atoms with van der Waals surface area (Å²) in [6.45, 7) is 2.59. The van der Waals surface area contributed by atoms with Gasteiger partial charge in [0, 0.05) is 30.5 Å². The molecule has 2 atom stereocenters. The summed E-state index contributed by atoms with van der Waals surface area (Å²) in [6.07, 6.45) is 0.920. The highest BCUT2D eigenvalue weighted by Crippen LogP contribution is 2.35. The lowest BCUT2D eigenvalue weighted by Gasteiger charge is -2.25. The summed E-state index contributed by atoms with van der Waals surface area (Å²) in [7, 11) is 0. The number of pyridine rings is 1. The smallest absolute Gasteiger partial charge is 0.411 e. The van der Waals surface area contributed by atoms with E-state index in [9.17, 15) is 14.4 Å². The zero-order chi connectivity index (χ0) is 27.2. The molecule has 0 bridgehead atoms. The molecule has 1 aliphatic heterocycles. The molecule has 1 saturated heterocycles. The summed E-state index contributed by atoms with van der Waals surface area (Å²) in [6, 6.07) is 23.1. The standard InChI is InChI=1S/C30H28N4O4S/c1-20-7-2-3-8-22(20)19-34-26(29(36)32-17-15-23-9-4-5-16-31-23)27(38-30(34)37)21-11-13-24(14-12-21)33-28(35)25-10-6-18-39-25/h2-14,16,18,26-27H,15,17,19H2,1H3,(H,32,36)(H,33,35)/t26-,27-/m1/s1. The molecule has 0 unspecified atom stereocenters. The van der Waals surface area contributed by atoms with Crippen LogP contribution in [0.5, 0.6) is 0 Å². The van der Waals surface area contributed by atoms with Gasteiger partial charge in [0.1, 0.15) is 0 Å². The van der Waals surface area contributed by atoms with E-state index in [0.29, 0.717) is 29.1 Å². The van der Waals surface area contributed by atoms with Crippen LogP contribution in [0.15, 0.2) is 90.4 Å². The number of hydrogen-bond donors (Lipinski definition) is 2. The number of aryl methyl sites for hydroxylation is 1. The second-order valence-corrected chi connectivity index (χ2v) is 10.2. The Hall–Kier alpha value is -4.50. The van der Waals surface area contributed by atoms with E-state index in [2.05, 4.69) is 15.6 Å². The van der Waals surface area contributed by atoms with Crippen molar-refractivity contribution < 1.29 is 19.1 Å². The molecule has 3 heterocycles. The number of ether oxygens (including phenoxy) is 1. The number of anilines is 1. The molecule has 39 heavy (non-hydrogen) atoms. The van der Waals surface area contributed by atoms with Gasteiger partial charge >= 0.3 is 6.09 Å². The van der Waals surface area contributed by atoms with E-state index in [1.54, 1.807) is 36.5 Å². The van der Waals surface area contributed by atoms with Crippen LogP contribution in [0.3, 0.4) is 0 Å². The third kappa shape index (κ3) is 6.15. The fourth-order valence-electron chi connectivity index (χ4n) is 4.50. The van der Waals surface area contributed by atoms with Gasteiger partial charge in [-0.05, 0) is 59.3 Å². The zero-order valence-corrected chi connectivity index (χ0v) is 22.2. The number of nitrogens with one attached hydrogen (secondary N) is 2. The lowest BCUT2D eigenvalue weighted by Crippen LogP contribution is -2.46. The Morgan fingerprint density at radius 1 is 1.00 bits per heavy atom. The Labute approximate surface area is 230 Å². The molecule has 0 saturated carbocycles. The molecule has 0 aliphatic carbocycles. The van der Waals surface area contributed by atoms with Crippen molar-refractivity contribution in [3.8, 4) is 0 Å². The topological polar surface area (TPSA) is 101 Å². The van der Waals surface area contributed by atoms with Crippen LogP contribution in [0.2, 0.25) is 0 Å². The molecular weight excluding hydrogens is 512 g/mol. The third-order valence-electron chi connectivity index (χ3n) is 6.60. The van der Waals surface area contributed by atoms with Crippen LogP contribution in [0, 0.1) is 6.92 Å². The van der Waals surface area contributed by atoms with Gasteiger partial charge < -0.3 is 15.4 Å². The van der Waals surface area contributed by atoms with Crippen LogP contribution in [0.1, 0.15) is 38.2 Å². The van der Waals surface area contributed by atoms with Crippen LogP contribution in [0.4, 0.5) is 10.5 Å². The number of carbonyl (C=O) groups excluding carboxylic acids is 3. The Bertz CT molecular complexity index is 1440. The lowest BCUT2D eigenvalue weighted by atomic mass is 9.99. The molecular formula is C30H28N4O4S. The molecule has 3 amide bonds. The average Bonchev–Trinajstić information content (AvgIpc) is 3.60. The maximum Gasteiger partial charge on any atom is 0.411 e. The van der Waals surface area contributed by atoms with Crippen molar-refractivity contribution in [3.63, 3.8) is 0 Å². The normalized spacial score (nSPS) is 16.5. The molecule has 2 N–H and O–H groups in total. The van der Waals surface area contributed by atoms with Crippen molar-refractivity contribution in [2.24, 2.45) is 0 Å².